The van der Waals surface area contributed by atoms with Gasteiger partial charge in [0.1, 0.15) is 0 Å². The summed E-state index contributed by atoms with van der Waals surface area (Å²) >= 11 is 0. The highest BCUT2D eigenvalue weighted by Gasteiger charge is 2.16. The number of rotatable bonds is 4. The molecular formula is C10H15NO4. The van der Waals surface area contributed by atoms with Crippen LogP contribution >= 0.6 is 0 Å². The van der Waals surface area contributed by atoms with E-state index in [4.69, 9.17) is 15.9 Å². The minimum atomic E-state index is -0.563. The number of phenols is 3. The van der Waals surface area contributed by atoms with Gasteiger partial charge in [0, 0.05) is 18.2 Å². The minimum Gasteiger partial charge on any atom is -0.504 e. The van der Waals surface area contributed by atoms with E-state index >= 15 is 0 Å². The van der Waals surface area contributed by atoms with Crippen LogP contribution < -0.4 is 5.73 Å². The molecular weight excluding hydrogens is 198 g/mol. The van der Waals surface area contributed by atoms with E-state index in [2.05, 4.69) is 0 Å². The van der Waals surface area contributed by atoms with E-state index in [1.54, 1.807) is 0 Å². The first-order valence-electron chi connectivity index (χ1n) is 4.68. The molecule has 6 N–H and O–H groups in total. The molecule has 15 heavy (non-hydrogen) atoms. The Bertz CT molecular complexity index is 340. The molecule has 0 aliphatic heterocycles. The van der Waals surface area contributed by atoms with Crippen molar-refractivity contribution in [2.75, 3.05) is 6.61 Å². The summed E-state index contributed by atoms with van der Waals surface area (Å²) in [5, 5.41) is 36.5. The van der Waals surface area contributed by atoms with Crippen molar-refractivity contribution in [2.24, 2.45) is 5.73 Å². The van der Waals surface area contributed by atoms with Gasteiger partial charge in [-0.3, -0.25) is 0 Å². The highest BCUT2D eigenvalue weighted by atomic mass is 16.3. The zero-order valence-electron chi connectivity index (χ0n) is 8.22. The summed E-state index contributed by atoms with van der Waals surface area (Å²) in [6.07, 6.45) is 1.01. The molecule has 1 rings (SSSR count). The molecule has 0 heterocycles. The topological polar surface area (TPSA) is 107 Å². The summed E-state index contributed by atoms with van der Waals surface area (Å²) < 4.78 is 0. The van der Waals surface area contributed by atoms with Crippen LogP contribution in [0.5, 0.6) is 17.2 Å². The average Bonchev–Trinajstić information content (AvgIpc) is 2.23. The van der Waals surface area contributed by atoms with E-state index < -0.39 is 17.5 Å². The van der Waals surface area contributed by atoms with Gasteiger partial charge in [-0.05, 0) is 25.0 Å². The molecule has 0 aromatic heterocycles. The summed E-state index contributed by atoms with van der Waals surface area (Å²) in [5.74, 6) is -1.35. The second kappa shape index (κ2) is 4.86. The Labute approximate surface area is 87.4 Å². The molecule has 84 valence electrons. The summed E-state index contributed by atoms with van der Waals surface area (Å²) in [7, 11) is 0. The van der Waals surface area contributed by atoms with Crippen molar-refractivity contribution in [3.63, 3.8) is 0 Å². The second-order valence-electron chi connectivity index (χ2n) is 3.34. The molecule has 0 saturated heterocycles. The molecule has 0 spiro atoms. The van der Waals surface area contributed by atoms with Gasteiger partial charge >= 0.3 is 0 Å². The molecule has 0 aliphatic rings. The molecule has 1 aromatic carbocycles. The normalized spacial score (nSPS) is 12.7. The van der Waals surface area contributed by atoms with Gasteiger partial charge in [-0.2, -0.15) is 0 Å². The lowest BCUT2D eigenvalue weighted by Gasteiger charge is -2.14. The van der Waals surface area contributed by atoms with Gasteiger partial charge in [-0.1, -0.05) is 0 Å². The third-order valence-electron chi connectivity index (χ3n) is 2.23. The maximum Gasteiger partial charge on any atom is 0.200 e. The third-order valence-corrected chi connectivity index (χ3v) is 2.23. The smallest absolute Gasteiger partial charge is 0.200 e. The first-order chi connectivity index (χ1) is 7.07. The fourth-order valence-electron chi connectivity index (χ4n) is 1.35. The molecule has 0 bridgehead atoms. The Morgan fingerprint density at radius 2 is 1.80 bits per heavy atom. The van der Waals surface area contributed by atoms with Crippen LogP contribution in [0.1, 0.15) is 24.4 Å². The summed E-state index contributed by atoms with van der Waals surface area (Å²) in [6.45, 7) is 0.0263. The van der Waals surface area contributed by atoms with E-state index in [-0.39, 0.29) is 12.4 Å². The molecule has 0 fully saturated rings. The first-order valence-corrected chi connectivity index (χ1v) is 4.68. The van der Waals surface area contributed by atoms with Crippen LogP contribution in [0.2, 0.25) is 0 Å². The Kier molecular flexibility index (Phi) is 3.76. The Hall–Kier alpha value is -1.46. The van der Waals surface area contributed by atoms with Gasteiger partial charge in [-0.25, -0.2) is 0 Å². The highest BCUT2D eigenvalue weighted by Crippen LogP contribution is 2.39. The maximum absolute atomic E-state index is 9.50. The van der Waals surface area contributed by atoms with Crippen LogP contribution in [-0.2, 0) is 0 Å². The van der Waals surface area contributed by atoms with Crippen LogP contribution in [0.3, 0.4) is 0 Å². The number of aromatic hydroxyl groups is 3. The van der Waals surface area contributed by atoms with Gasteiger partial charge < -0.3 is 26.2 Å². The molecule has 0 radical (unpaired) electrons. The molecule has 5 heteroatoms. The van der Waals surface area contributed by atoms with Gasteiger partial charge in [0.2, 0.25) is 5.75 Å². The largest absolute Gasteiger partial charge is 0.504 e. The lowest BCUT2D eigenvalue weighted by Crippen LogP contribution is -2.11. The van der Waals surface area contributed by atoms with Crippen molar-refractivity contribution >= 4 is 0 Å². The number of aliphatic hydroxyl groups is 1. The van der Waals surface area contributed by atoms with E-state index in [1.807, 2.05) is 0 Å². The fourth-order valence-corrected chi connectivity index (χ4v) is 1.35. The molecule has 1 atom stereocenters. The number of hydrogen-bond donors (Lipinski definition) is 5. The molecule has 0 amide bonds. The van der Waals surface area contributed by atoms with E-state index in [0.29, 0.717) is 18.4 Å². The third kappa shape index (κ3) is 2.51. The van der Waals surface area contributed by atoms with Gasteiger partial charge in [0.15, 0.2) is 11.5 Å². The molecule has 0 saturated carbocycles. The molecule has 1 aromatic rings. The van der Waals surface area contributed by atoms with Crippen molar-refractivity contribution in [3.8, 4) is 17.2 Å². The zero-order chi connectivity index (χ0) is 11.4. The first kappa shape index (κ1) is 11.6. The highest BCUT2D eigenvalue weighted by molar-refractivity contribution is 5.53. The number of phenolic OH excluding ortho intramolecular Hbond substituents is 3. The number of benzene rings is 1. The zero-order valence-corrected chi connectivity index (χ0v) is 8.22. The van der Waals surface area contributed by atoms with Gasteiger partial charge in [-0.15, -0.1) is 0 Å². The summed E-state index contributed by atoms with van der Waals surface area (Å²) in [4.78, 5) is 0. The predicted octanol–water partition coefficient (Wildman–Crippen LogP) is 0.576. The number of nitrogens with two attached hydrogens (primary N) is 1. The quantitative estimate of drug-likeness (QED) is 0.470. The molecule has 0 unspecified atom stereocenters. The average molecular weight is 213 g/mol. The maximum atomic E-state index is 9.50. The Balaban J connectivity index is 2.90. The lowest BCUT2D eigenvalue weighted by atomic mass is 10.0. The Morgan fingerprint density at radius 3 is 2.40 bits per heavy atom. The summed E-state index contributed by atoms with van der Waals surface area (Å²) in [5.41, 5.74) is 6.10. The monoisotopic (exact) mass is 213 g/mol. The van der Waals surface area contributed by atoms with Crippen molar-refractivity contribution in [1.29, 1.82) is 0 Å². The van der Waals surface area contributed by atoms with E-state index in [9.17, 15) is 10.2 Å². The number of aliphatic hydroxyl groups excluding tert-OH is 1. The number of hydrogen-bond acceptors (Lipinski definition) is 5. The second-order valence-corrected chi connectivity index (χ2v) is 3.34. The van der Waals surface area contributed by atoms with Crippen LogP contribution in [0.4, 0.5) is 0 Å². The van der Waals surface area contributed by atoms with Crippen LogP contribution in [0, 0.1) is 0 Å². The van der Waals surface area contributed by atoms with Crippen molar-refractivity contribution < 1.29 is 20.4 Å². The van der Waals surface area contributed by atoms with Crippen LogP contribution in [0.25, 0.3) is 0 Å². The van der Waals surface area contributed by atoms with Crippen LogP contribution in [0.15, 0.2) is 12.1 Å². The standard InChI is InChI=1S/C10H15NO4/c11-7(2-1-5-12)6-3-4-8(13)10(15)9(6)14/h3-4,7,12-15H,1-2,5,11H2/t7-/m0/s1. The minimum absolute atomic E-state index is 0.0263. The summed E-state index contributed by atoms with van der Waals surface area (Å²) in [6, 6.07) is 2.25. The Morgan fingerprint density at radius 1 is 1.13 bits per heavy atom. The van der Waals surface area contributed by atoms with Crippen molar-refractivity contribution in [1.82, 2.24) is 0 Å². The van der Waals surface area contributed by atoms with Crippen LogP contribution in [-0.4, -0.2) is 27.0 Å². The lowest BCUT2D eigenvalue weighted by molar-refractivity contribution is 0.279. The molecule has 5 nitrogen and oxygen atoms in total. The SMILES string of the molecule is N[C@@H](CCCO)c1ccc(O)c(O)c1O. The predicted molar refractivity (Wildman–Crippen MR) is 54.7 cm³/mol. The van der Waals surface area contributed by atoms with Crippen molar-refractivity contribution in [2.45, 2.75) is 18.9 Å². The van der Waals surface area contributed by atoms with Gasteiger partial charge in [0.05, 0.1) is 0 Å². The molecule has 0 aliphatic carbocycles. The van der Waals surface area contributed by atoms with E-state index in [1.165, 1.54) is 12.1 Å². The van der Waals surface area contributed by atoms with Crippen molar-refractivity contribution in [3.05, 3.63) is 17.7 Å². The van der Waals surface area contributed by atoms with E-state index in [0.717, 1.165) is 0 Å². The fraction of sp³-hybridized carbons (Fsp3) is 0.400. The van der Waals surface area contributed by atoms with Gasteiger partial charge in [0.25, 0.3) is 0 Å².